The molecule has 0 saturated carbocycles. The molecule has 0 spiro atoms. The summed E-state index contributed by atoms with van der Waals surface area (Å²) in [6.07, 6.45) is 2.45. The molecule has 1 aliphatic rings. The summed E-state index contributed by atoms with van der Waals surface area (Å²) >= 11 is 0. The number of sulfonamides is 1. The lowest BCUT2D eigenvalue weighted by molar-refractivity contribution is -0.389. The molecule has 2 N–H and O–H groups in total. The first-order valence-corrected chi connectivity index (χ1v) is 7.31. The van der Waals surface area contributed by atoms with E-state index in [2.05, 4.69) is 15.0 Å². The fourth-order valence-electron chi connectivity index (χ4n) is 1.87. The Morgan fingerprint density at radius 2 is 2.05 bits per heavy atom. The minimum atomic E-state index is -3.67. The average Bonchev–Trinajstić information content (AvgIpc) is 2.39. The van der Waals surface area contributed by atoms with E-state index in [-0.39, 0.29) is 16.8 Å². The third-order valence-corrected chi connectivity index (χ3v) is 4.38. The van der Waals surface area contributed by atoms with E-state index < -0.39 is 14.9 Å². The second-order valence-electron chi connectivity index (χ2n) is 4.25. The summed E-state index contributed by atoms with van der Waals surface area (Å²) in [4.78, 5) is 13.2. The molecule has 1 saturated heterocycles. The van der Waals surface area contributed by atoms with Crippen LogP contribution >= 0.6 is 0 Å². The summed E-state index contributed by atoms with van der Waals surface area (Å²) in [5.74, 6) is -0.374. The van der Waals surface area contributed by atoms with Crippen molar-refractivity contribution in [1.29, 1.82) is 0 Å². The van der Waals surface area contributed by atoms with E-state index >= 15 is 0 Å². The molecule has 1 aromatic rings. The van der Waals surface area contributed by atoms with Crippen LogP contribution in [-0.4, -0.2) is 37.5 Å². The van der Waals surface area contributed by atoms with Gasteiger partial charge < -0.3 is 15.4 Å². The maximum Gasteiger partial charge on any atom is 0.363 e. The fraction of sp³-hybridized carbons (Fsp3) is 0.500. The van der Waals surface area contributed by atoms with Gasteiger partial charge in [-0.05, 0) is 41.9 Å². The van der Waals surface area contributed by atoms with Crippen LogP contribution in [0.1, 0.15) is 12.8 Å². The number of piperidine rings is 1. The number of hydrogen-bond acceptors (Lipinski definition) is 6. The molecular weight excluding hydrogens is 272 g/mol. The van der Waals surface area contributed by atoms with Gasteiger partial charge in [-0.25, -0.2) is 13.1 Å². The van der Waals surface area contributed by atoms with Crippen molar-refractivity contribution in [2.75, 3.05) is 13.1 Å². The van der Waals surface area contributed by atoms with E-state index in [1.54, 1.807) is 0 Å². The minimum Gasteiger partial charge on any atom is -0.358 e. The predicted octanol–water partition coefficient (Wildman–Crippen LogP) is 0.0201. The number of nitrogens with one attached hydrogen (secondary N) is 2. The SMILES string of the molecule is O=[N+]([O-])c1ccc(S(=O)(=O)NC2CCNCC2)cn1. The molecule has 0 radical (unpaired) electrons. The van der Waals surface area contributed by atoms with Crippen LogP contribution in [0.25, 0.3) is 0 Å². The molecule has 2 rings (SSSR count). The van der Waals surface area contributed by atoms with Gasteiger partial charge in [0.1, 0.15) is 4.90 Å². The third-order valence-electron chi connectivity index (χ3n) is 2.88. The normalized spacial score (nSPS) is 17.3. The Bertz CT molecular complexity index is 551. The number of rotatable bonds is 4. The quantitative estimate of drug-likeness (QED) is 0.595. The summed E-state index contributed by atoms with van der Waals surface area (Å²) in [7, 11) is -3.67. The maximum atomic E-state index is 12.0. The predicted molar refractivity (Wildman–Crippen MR) is 67.1 cm³/mol. The molecule has 0 aliphatic carbocycles. The first-order chi connectivity index (χ1) is 8.99. The summed E-state index contributed by atoms with van der Waals surface area (Å²) in [5, 5.41) is 13.6. The van der Waals surface area contributed by atoms with Gasteiger partial charge in [0.15, 0.2) is 6.20 Å². The highest BCUT2D eigenvalue weighted by molar-refractivity contribution is 7.89. The molecule has 1 aliphatic heterocycles. The largest absolute Gasteiger partial charge is 0.363 e. The number of hydrogen-bond donors (Lipinski definition) is 2. The van der Waals surface area contributed by atoms with Gasteiger partial charge >= 0.3 is 5.82 Å². The zero-order chi connectivity index (χ0) is 13.9. The highest BCUT2D eigenvalue weighted by Crippen LogP contribution is 2.14. The van der Waals surface area contributed by atoms with Crippen molar-refractivity contribution in [3.8, 4) is 0 Å². The second-order valence-corrected chi connectivity index (χ2v) is 5.97. The van der Waals surface area contributed by atoms with Crippen LogP contribution < -0.4 is 10.0 Å². The highest BCUT2D eigenvalue weighted by atomic mass is 32.2. The number of nitro groups is 1. The van der Waals surface area contributed by atoms with Crippen LogP contribution in [0.3, 0.4) is 0 Å². The number of nitrogens with zero attached hydrogens (tertiary/aromatic N) is 2. The Labute approximate surface area is 110 Å². The number of pyridine rings is 1. The van der Waals surface area contributed by atoms with Crippen LogP contribution in [0.2, 0.25) is 0 Å². The van der Waals surface area contributed by atoms with Crippen LogP contribution in [-0.2, 0) is 10.0 Å². The molecule has 1 fully saturated rings. The van der Waals surface area contributed by atoms with E-state index in [4.69, 9.17) is 0 Å². The standard InChI is InChI=1S/C10H14N4O4S/c15-14(16)10-2-1-9(7-12-10)19(17,18)13-8-3-5-11-6-4-8/h1-2,7-8,11,13H,3-6H2. The van der Waals surface area contributed by atoms with Crippen molar-refractivity contribution in [3.63, 3.8) is 0 Å². The molecule has 0 unspecified atom stereocenters. The zero-order valence-electron chi connectivity index (χ0n) is 10.1. The van der Waals surface area contributed by atoms with Gasteiger partial charge in [-0.2, -0.15) is 0 Å². The molecule has 0 aromatic carbocycles. The van der Waals surface area contributed by atoms with Crippen LogP contribution in [0.4, 0.5) is 5.82 Å². The van der Waals surface area contributed by atoms with Gasteiger partial charge in [0.05, 0.1) is 0 Å². The monoisotopic (exact) mass is 286 g/mol. The zero-order valence-corrected chi connectivity index (χ0v) is 10.9. The Morgan fingerprint density at radius 3 is 2.58 bits per heavy atom. The van der Waals surface area contributed by atoms with Gasteiger partial charge in [-0.1, -0.05) is 0 Å². The van der Waals surface area contributed by atoms with Crippen LogP contribution in [0, 0.1) is 10.1 Å². The van der Waals surface area contributed by atoms with Crippen molar-refractivity contribution in [2.24, 2.45) is 0 Å². The van der Waals surface area contributed by atoms with Crippen molar-refractivity contribution < 1.29 is 13.3 Å². The summed E-state index contributed by atoms with van der Waals surface area (Å²) in [6.45, 7) is 1.54. The first kappa shape index (κ1) is 13.8. The van der Waals surface area contributed by atoms with E-state index in [1.165, 1.54) is 6.07 Å². The first-order valence-electron chi connectivity index (χ1n) is 5.82. The molecule has 0 amide bonds. The lowest BCUT2D eigenvalue weighted by atomic mass is 10.1. The lowest BCUT2D eigenvalue weighted by Crippen LogP contribution is -2.42. The molecule has 2 heterocycles. The Kier molecular flexibility index (Phi) is 4.08. The maximum absolute atomic E-state index is 12.0. The summed E-state index contributed by atoms with van der Waals surface area (Å²) < 4.78 is 26.7. The Hall–Kier alpha value is -1.58. The van der Waals surface area contributed by atoms with Crippen molar-refractivity contribution >= 4 is 15.8 Å². The molecular formula is C10H14N4O4S. The van der Waals surface area contributed by atoms with Crippen molar-refractivity contribution in [1.82, 2.24) is 15.0 Å². The topological polar surface area (TPSA) is 114 Å². The third kappa shape index (κ3) is 3.46. The average molecular weight is 286 g/mol. The van der Waals surface area contributed by atoms with E-state index in [0.717, 1.165) is 38.2 Å². The fourth-order valence-corrected chi connectivity index (χ4v) is 3.12. The van der Waals surface area contributed by atoms with Gasteiger partial charge in [-0.3, -0.25) is 0 Å². The van der Waals surface area contributed by atoms with E-state index in [1.807, 2.05) is 0 Å². The molecule has 9 heteroatoms. The molecule has 19 heavy (non-hydrogen) atoms. The summed E-state index contributed by atoms with van der Waals surface area (Å²) in [5.41, 5.74) is 0. The van der Waals surface area contributed by atoms with Crippen molar-refractivity contribution in [2.45, 2.75) is 23.8 Å². The smallest absolute Gasteiger partial charge is 0.358 e. The highest BCUT2D eigenvalue weighted by Gasteiger charge is 2.23. The molecule has 1 aromatic heterocycles. The molecule has 104 valence electrons. The van der Waals surface area contributed by atoms with E-state index in [0.29, 0.717) is 0 Å². The molecule has 8 nitrogen and oxygen atoms in total. The number of aromatic nitrogens is 1. The Morgan fingerprint density at radius 1 is 1.37 bits per heavy atom. The minimum absolute atomic E-state index is 0.0587. The molecule has 0 atom stereocenters. The van der Waals surface area contributed by atoms with Crippen molar-refractivity contribution in [3.05, 3.63) is 28.4 Å². The summed E-state index contributed by atoms with van der Waals surface area (Å²) in [6, 6.07) is 2.16. The lowest BCUT2D eigenvalue weighted by Gasteiger charge is -2.23. The second kappa shape index (κ2) is 5.59. The van der Waals surface area contributed by atoms with Gasteiger partial charge in [-0.15, -0.1) is 0 Å². The van der Waals surface area contributed by atoms with E-state index in [9.17, 15) is 18.5 Å². The van der Waals surface area contributed by atoms with Gasteiger partial charge in [0.25, 0.3) is 0 Å². The van der Waals surface area contributed by atoms with Gasteiger partial charge in [0, 0.05) is 12.1 Å². The van der Waals surface area contributed by atoms with Gasteiger partial charge in [0.2, 0.25) is 10.0 Å². The Balaban J connectivity index is 2.12. The molecule has 0 bridgehead atoms. The van der Waals surface area contributed by atoms with Crippen LogP contribution in [0.15, 0.2) is 23.2 Å². The van der Waals surface area contributed by atoms with Crippen LogP contribution in [0.5, 0.6) is 0 Å².